The first kappa shape index (κ1) is 17.5. The van der Waals surface area contributed by atoms with Crippen molar-refractivity contribution >= 4 is 35.6 Å². The lowest BCUT2D eigenvalue weighted by Gasteiger charge is -2.28. The Bertz CT molecular complexity index is 728. The Hall–Kier alpha value is -2.35. The lowest BCUT2D eigenvalue weighted by molar-refractivity contribution is -0.150. The van der Waals surface area contributed by atoms with Gasteiger partial charge in [-0.3, -0.25) is 23.6 Å². The van der Waals surface area contributed by atoms with Gasteiger partial charge >= 0.3 is 5.97 Å². The van der Waals surface area contributed by atoms with E-state index in [4.69, 9.17) is 4.74 Å². The van der Waals surface area contributed by atoms with E-state index in [1.165, 1.54) is 11.4 Å². The number of nitrogens with zero attached hydrogens (tertiary/aromatic N) is 2. The summed E-state index contributed by atoms with van der Waals surface area (Å²) in [5, 5.41) is 0. The van der Waals surface area contributed by atoms with Gasteiger partial charge in [-0.25, -0.2) is 4.79 Å². The Kier molecular flexibility index (Phi) is 4.55. The molecule has 0 aliphatic carbocycles. The second-order valence-corrected chi connectivity index (χ2v) is 7.20. The second kappa shape index (κ2) is 6.51. The minimum absolute atomic E-state index is 0.162. The van der Waals surface area contributed by atoms with Crippen LogP contribution in [0.25, 0.3) is 0 Å². The molecule has 2 aliphatic heterocycles. The first-order chi connectivity index (χ1) is 11.9. The largest absolute Gasteiger partial charge is 0.467 e. The van der Waals surface area contributed by atoms with Crippen molar-refractivity contribution < 1.29 is 23.9 Å². The van der Waals surface area contributed by atoms with Gasteiger partial charge in [0.25, 0.3) is 17.7 Å². The molecule has 1 aromatic rings. The smallest absolute Gasteiger partial charge is 0.329 e. The van der Waals surface area contributed by atoms with Gasteiger partial charge in [-0.1, -0.05) is 26.0 Å². The number of hydrogen-bond donors (Lipinski definition) is 0. The number of imide groups is 1. The third-order valence-electron chi connectivity index (χ3n) is 4.34. The number of fused-ring (bicyclic) bond motifs is 1. The first-order valence-corrected chi connectivity index (χ1v) is 8.83. The second-order valence-electron chi connectivity index (χ2n) is 6.21. The quantitative estimate of drug-likeness (QED) is 0.457. The highest BCUT2D eigenvalue weighted by Crippen LogP contribution is 2.34. The van der Waals surface area contributed by atoms with Gasteiger partial charge in [0.15, 0.2) is 0 Å². The molecule has 132 valence electrons. The molecule has 0 bridgehead atoms. The summed E-state index contributed by atoms with van der Waals surface area (Å²) in [6, 6.07) is 4.83. The minimum atomic E-state index is -0.914. The Morgan fingerprint density at radius 1 is 1.16 bits per heavy atom. The summed E-state index contributed by atoms with van der Waals surface area (Å²) in [4.78, 5) is 51.1. The van der Waals surface area contributed by atoms with E-state index in [-0.39, 0.29) is 11.7 Å². The molecule has 25 heavy (non-hydrogen) atoms. The summed E-state index contributed by atoms with van der Waals surface area (Å²) >= 11 is 1.15. The lowest BCUT2D eigenvalue weighted by atomic mass is 10.0. The van der Waals surface area contributed by atoms with E-state index in [1.807, 2.05) is 13.8 Å². The van der Waals surface area contributed by atoms with Crippen LogP contribution in [0, 0.1) is 5.92 Å². The molecule has 2 heterocycles. The molecule has 0 unspecified atom stereocenters. The van der Waals surface area contributed by atoms with Crippen molar-refractivity contribution in [2.75, 3.05) is 12.9 Å². The standard InChI is InChI=1S/C17H18N2O5S/c1-9(2)13(17(23)24-3)19-16(22)12(8-25-19)18-14(20)10-6-4-5-7-11(10)15(18)21/h4-7,9,12-13H,8H2,1-3H3/t12-,13+/m1/s1. The van der Waals surface area contributed by atoms with Crippen LogP contribution in [0.15, 0.2) is 24.3 Å². The highest BCUT2D eigenvalue weighted by Gasteiger charge is 2.50. The number of benzene rings is 1. The molecule has 0 saturated carbocycles. The fourth-order valence-electron chi connectivity index (χ4n) is 3.09. The van der Waals surface area contributed by atoms with E-state index in [2.05, 4.69) is 0 Å². The van der Waals surface area contributed by atoms with Crippen LogP contribution in [0.2, 0.25) is 0 Å². The van der Waals surface area contributed by atoms with Crippen LogP contribution < -0.4 is 0 Å². The third-order valence-corrected chi connectivity index (χ3v) is 5.49. The molecule has 3 rings (SSSR count). The van der Waals surface area contributed by atoms with Crippen molar-refractivity contribution in [3.05, 3.63) is 35.4 Å². The van der Waals surface area contributed by atoms with Crippen molar-refractivity contribution in [2.24, 2.45) is 5.92 Å². The van der Waals surface area contributed by atoms with E-state index in [0.29, 0.717) is 11.1 Å². The number of methoxy groups -OCH3 is 1. The number of carbonyl (C=O) groups is 4. The van der Waals surface area contributed by atoms with Gasteiger partial charge in [0.1, 0.15) is 12.1 Å². The van der Waals surface area contributed by atoms with Gasteiger partial charge in [0.05, 0.1) is 18.2 Å². The van der Waals surface area contributed by atoms with E-state index < -0.39 is 35.8 Å². The number of ether oxygens (including phenoxy) is 1. The summed E-state index contributed by atoms with van der Waals surface area (Å²) in [6.07, 6.45) is 0. The van der Waals surface area contributed by atoms with Crippen LogP contribution in [-0.2, 0) is 14.3 Å². The molecular weight excluding hydrogens is 344 g/mol. The summed E-state index contributed by atoms with van der Waals surface area (Å²) in [6.45, 7) is 3.62. The van der Waals surface area contributed by atoms with E-state index in [1.54, 1.807) is 24.3 Å². The van der Waals surface area contributed by atoms with Gasteiger partial charge < -0.3 is 4.74 Å². The van der Waals surface area contributed by atoms with Crippen LogP contribution in [0.5, 0.6) is 0 Å². The minimum Gasteiger partial charge on any atom is -0.467 e. The fourth-order valence-corrected chi connectivity index (χ4v) is 4.42. The van der Waals surface area contributed by atoms with Gasteiger partial charge in [0, 0.05) is 5.75 Å². The monoisotopic (exact) mass is 362 g/mol. The van der Waals surface area contributed by atoms with Crippen LogP contribution in [0.1, 0.15) is 34.6 Å². The molecule has 0 radical (unpaired) electrons. The summed E-state index contributed by atoms with van der Waals surface area (Å²) < 4.78 is 6.13. The molecule has 0 spiro atoms. The first-order valence-electron chi connectivity index (χ1n) is 7.89. The molecule has 2 aliphatic rings. The third kappa shape index (κ3) is 2.70. The van der Waals surface area contributed by atoms with Crippen molar-refractivity contribution in [1.82, 2.24) is 9.21 Å². The molecule has 1 fully saturated rings. The molecule has 1 aromatic carbocycles. The normalized spacial score (nSPS) is 21.1. The van der Waals surface area contributed by atoms with Crippen molar-refractivity contribution in [3.8, 4) is 0 Å². The molecule has 2 atom stereocenters. The number of hydrogen-bond acceptors (Lipinski definition) is 6. The van der Waals surface area contributed by atoms with Crippen LogP contribution in [0.4, 0.5) is 0 Å². The lowest BCUT2D eigenvalue weighted by Crippen LogP contribution is -2.50. The van der Waals surface area contributed by atoms with E-state index in [0.717, 1.165) is 16.8 Å². The van der Waals surface area contributed by atoms with Gasteiger partial charge in [-0.15, -0.1) is 0 Å². The zero-order valence-electron chi connectivity index (χ0n) is 14.1. The molecule has 0 aromatic heterocycles. The maximum Gasteiger partial charge on any atom is 0.329 e. The highest BCUT2D eigenvalue weighted by atomic mass is 32.2. The average Bonchev–Trinajstić information content (AvgIpc) is 3.07. The van der Waals surface area contributed by atoms with Gasteiger partial charge in [-0.2, -0.15) is 0 Å². The highest BCUT2D eigenvalue weighted by molar-refractivity contribution is 7.98. The molecule has 7 nitrogen and oxygen atoms in total. The maximum atomic E-state index is 12.9. The topological polar surface area (TPSA) is 84.0 Å². The Morgan fingerprint density at radius 3 is 2.20 bits per heavy atom. The summed E-state index contributed by atoms with van der Waals surface area (Å²) in [7, 11) is 1.27. The number of esters is 1. The molecular formula is C17H18N2O5S. The summed E-state index contributed by atoms with van der Waals surface area (Å²) in [5.41, 5.74) is 0.606. The maximum absolute atomic E-state index is 12.9. The Balaban J connectivity index is 1.87. The zero-order chi connectivity index (χ0) is 18.3. The van der Waals surface area contributed by atoms with Crippen molar-refractivity contribution in [2.45, 2.75) is 25.9 Å². The van der Waals surface area contributed by atoms with Crippen molar-refractivity contribution in [1.29, 1.82) is 0 Å². The molecule has 0 N–H and O–H groups in total. The fraction of sp³-hybridized carbons (Fsp3) is 0.412. The van der Waals surface area contributed by atoms with Gasteiger partial charge in [0.2, 0.25) is 0 Å². The van der Waals surface area contributed by atoms with E-state index in [9.17, 15) is 19.2 Å². The predicted molar refractivity (Wildman–Crippen MR) is 90.7 cm³/mol. The van der Waals surface area contributed by atoms with Crippen LogP contribution in [-0.4, -0.2) is 57.8 Å². The van der Waals surface area contributed by atoms with E-state index >= 15 is 0 Å². The zero-order valence-corrected chi connectivity index (χ0v) is 14.9. The Labute approximate surface area is 149 Å². The Morgan fingerprint density at radius 2 is 1.72 bits per heavy atom. The van der Waals surface area contributed by atoms with Crippen LogP contribution >= 0.6 is 11.9 Å². The number of rotatable bonds is 4. The van der Waals surface area contributed by atoms with Gasteiger partial charge in [-0.05, 0) is 30.0 Å². The number of amides is 3. The number of carbonyl (C=O) groups excluding carboxylic acids is 4. The predicted octanol–water partition coefficient (Wildman–Crippen LogP) is 1.34. The molecule has 8 heteroatoms. The molecule has 1 saturated heterocycles. The molecule has 3 amide bonds. The summed E-state index contributed by atoms with van der Waals surface area (Å²) in [5.74, 6) is -1.82. The average molecular weight is 362 g/mol. The SMILES string of the molecule is COC(=O)[C@H](C(C)C)N1SC[C@@H](N2C(=O)c3ccccc3C2=O)C1=O. The van der Waals surface area contributed by atoms with Crippen molar-refractivity contribution in [3.63, 3.8) is 0 Å². The van der Waals surface area contributed by atoms with Crippen LogP contribution in [0.3, 0.4) is 0 Å².